The summed E-state index contributed by atoms with van der Waals surface area (Å²) in [5.74, 6) is 0.464. The average molecular weight is 292 g/mol. The van der Waals surface area contributed by atoms with Crippen LogP contribution in [-0.4, -0.2) is 12.6 Å². The number of halogens is 2. The molecule has 0 aromatic heterocycles. The Morgan fingerprint density at radius 2 is 2.10 bits per heavy atom. The van der Waals surface area contributed by atoms with Crippen LogP contribution in [-0.2, 0) is 6.42 Å². The second-order valence-electron chi connectivity index (χ2n) is 5.08. The summed E-state index contributed by atoms with van der Waals surface area (Å²) in [4.78, 5) is 0. The third-order valence-electron chi connectivity index (χ3n) is 3.62. The summed E-state index contributed by atoms with van der Waals surface area (Å²) in [6.07, 6.45) is 0.570. The molecule has 1 heterocycles. The molecule has 0 bridgehead atoms. The molecule has 0 fully saturated rings. The third kappa shape index (κ3) is 2.28. The minimum absolute atomic E-state index is 0.0787. The summed E-state index contributed by atoms with van der Waals surface area (Å²) in [7, 11) is 0. The molecule has 0 spiro atoms. The second kappa shape index (κ2) is 5.08. The average Bonchev–Trinajstić information content (AvgIpc) is 2.83. The van der Waals surface area contributed by atoms with Crippen molar-refractivity contribution in [2.75, 3.05) is 6.54 Å². The van der Waals surface area contributed by atoms with Gasteiger partial charge in [0.25, 0.3) is 0 Å². The number of rotatable bonds is 2. The van der Waals surface area contributed by atoms with Gasteiger partial charge in [0.15, 0.2) is 0 Å². The van der Waals surface area contributed by atoms with Gasteiger partial charge in [0.05, 0.1) is 0 Å². The van der Waals surface area contributed by atoms with Crippen molar-refractivity contribution in [1.82, 2.24) is 0 Å². The van der Waals surface area contributed by atoms with Crippen LogP contribution in [0.15, 0.2) is 30.3 Å². The molecule has 2 aromatic carbocycles. The molecular weight excluding hydrogens is 277 g/mol. The minimum Gasteiger partial charge on any atom is -0.488 e. The molecule has 104 valence electrons. The van der Waals surface area contributed by atoms with Crippen molar-refractivity contribution in [2.45, 2.75) is 19.4 Å². The molecule has 3 rings (SSSR count). The van der Waals surface area contributed by atoms with Gasteiger partial charge >= 0.3 is 0 Å². The zero-order chi connectivity index (χ0) is 14.3. The van der Waals surface area contributed by atoms with Crippen LogP contribution < -0.4 is 10.5 Å². The molecule has 0 aliphatic carbocycles. The van der Waals surface area contributed by atoms with Crippen molar-refractivity contribution in [3.63, 3.8) is 0 Å². The van der Waals surface area contributed by atoms with E-state index < -0.39 is 0 Å². The van der Waals surface area contributed by atoms with E-state index in [-0.39, 0.29) is 11.9 Å². The fourth-order valence-corrected chi connectivity index (χ4v) is 2.78. The fourth-order valence-electron chi connectivity index (χ4n) is 2.61. The Morgan fingerprint density at radius 1 is 1.30 bits per heavy atom. The van der Waals surface area contributed by atoms with E-state index in [1.54, 1.807) is 0 Å². The van der Waals surface area contributed by atoms with Gasteiger partial charge in [-0.05, 0) is 42.3 Å². The van der Waals surface area contributed by atoms with Gasteiger partial charge in [-0.15, -0.1) is 0 Å². The van der Waals surface area contributed by atoms with Gasteiger partial charge < -0.3 is 10.5 Å². The molecule has 20 heavy (non-hydrogen) atoms. The van der Waals surface area contributed by atoms with E-state index in [1.807, 2.05) is 25.1 Å². The maximum absolute atomic E-state index is 13.9. The largest absolute Gasteiger partial charge is 0.488 e. The normalized spacial score (nSPS) is 16.9. The summed E-state index contributed by atoms with van der Waals surface area (Å²) >= 11 is 6.06. The number of aryl methyl sites for hydroxylation is 1. The van der Waals surface area contributed by atoms with E-state index in [9.17, 15) is 4.39 Å². The first kappa shape index (κ1) is 13.4. The Morgan fingerprint density at radius 3 is 2.85 bits per heavy atom. The molecule has 1 atom stereocenters. The summed E-state index contributed by atoms with van der Waals surface area (Å²) in [5.41, 5.74) is 9.19. The van der Waals surface area contributed by atoms with Crippen molar-refractivity contribution in [3.05, 3.63) is 52.3 Å². The Kier molecular flexibility index (Phi) is 3.40. The lowest BCUT2D eigenvalue weighted by Crippen LogP contribution is -2.24. The monoisotopic (exact) mass is 291 g/mol. The van der Waals surface area contributed by atoms with Crippen molar-refractivity contribution in [2.24, 2.45) is 5.73 Å². The SMILES string of the molecule is Cc1ccc(Cl)cc1-c1cc(F)cc2c1OC(CN)C2. The van der Waals surface area contributed by atoms with E-state index in [0.29, 0.717) is 18.0 Å². The van der Waals surface area contributed by atoms with Crippen molar-refractivity contribution in [1.29, 1.82) is 0 Å². The quantitative estimate of drug-likeness (QED) is 0.915. The van der Waals surface area contributed by atoms with Crippen LogP contribution in [0.4, 0.5) is 4.39 Å². The molecule has 1 unspecified atom stereocenters. The minimum atomic E-state index is -0.264. The lowest BCUT2D eigenvalue weighted by molar-refractivity contribution is 0.242. The Hall–Kier alpha value is -1.58. The van der Waals surface area contributed by atoms with Crippen molar-refractivity contribution in [3.8, 4) is 16.9 Å². The van der Waals surface area contributed by atoms with Crippen LogP contribution in [0.5, 0.6) is 5.75 Å². The predicted molar refractivity (Wildman–Crippen MR) is 78.8 cm³/mol. The lowest BCUT2D eigenvalue weighted by atomic mass is 9.97. The molecule has 1 aliphatic heterocycles. The van der Waals surface area contributed by atoms with Gasteiger partial charge in [0.2, 0.25) is 0 Å². The Balaban J connectivity index is 2.18. The number of nitrogens with two attached hydrogens (primary N) is 1. The standard InChI is InChI=1S/C16H15ClFNO/c1-9-2-3-11(17)6-14(9)15-7-12(18)4-10-5-13(8-19)20-16(10)15/h2-4,6-7,13H,5,8,19H2,1H3. The van der Waals surface area contributed by atoms with Crippen LogP contribution in [0, 0.1) is 12.7 Å². The molecule has 0 saturated carbocycles. The van der Waals surface area contributed by atoms with E-state index in [1.165, 1.54) is 12.1 Å². The first-order chi connectivity index (χ1) is 9.58. The highest BCUT2D eigenvalue weighted by atomic mass is 35.5. The Bertz CT molecular complexity index is 672. The fraction of sp³-hybridized carbons (Fsp3) is 0.250. The molecule has 2 N–H and O–H groups in total. The summed E-state index contributed by atoms with van der Waals surface area (Å²) < 4.78 is 19.7. The lowest BCUT2D eigenvalue weighted by Gasteiger charge is -2.13. The molecular formula is C16H15ClFNO. The van der Waals surface area contributed by atoms with Gasteiger partial charge in [-0.3, -0.25) is 0 Å². The summed E-state index contributed by atoms with van der Waals surface area (Å²) in [5, 5.41) is 0.622. The van der Waals surface area contributed by atoms with E-state index in [2.05, 4.69) is 0 Å². The predicted octanol–water partition coefficient (Wildman–Crippen LogP) is 3.72. The highest BCUT2D eigenvalue weighted by molar-refractivity contribution is 6.30. The number of ether oxygens (including phenoxy) is 1. The maximum atomic E-state index is 13.9. The van der Waals surface area contributed by atoms with Gasteiger partial charge in [-0.25, -0.2) is 4.39 Å². The summed E-state index contributed by atoms with van der Waals surface area (Å²) in [6, 6.07) is 8.60. The molecule has 0 radical (unpaired) electrons. The zero-order valence-corrected chi connectivity index (χ0v) is 11.9. The number of benzene rings is 2. The number of hydrogen-bond acceptors (Lipinski definition) is 2. The van der Waals surface area contributed by atoms with Gasteiger partial charge in [0.1, 0.15) is 17.7 Å². The van der Waals surface area contributed by atoms with E-state index in [4.69, 9.17) is 22.1 Å². The first-order valence-corrected chi connectivity index (χ1v) is 6.92. The molecule has 2 aromatic rings. The number of hydrogen-bond donors (Lipinski definition) is 1. The topological polar surface area (TPSA) is 35.2 Å². The van der Waals surface area contributed by atoms with Crippen molar-refractivity contribution >= 4 is 11.6 Å². The first-order valence-electron chi connectivity index (χ1n) is 6.54. The highest BCUT2D eigenvalue weighted by Gasteiger charge is 2.26. The second-order valence-corrected chi connectivity index (χ2v) is 5.52. The Labute approximate surface area is 122 Å². The molecule has 0 saturated heterocycles. The molecule has 4 heteroatoms. The van der Waals surface area contributed by atoms with Crippen LogP contribution >= 0.6 is 11.6 Å². The zero-order valence-electron chi connectivity index (χ0n) is 11.1. The van der Waals surface area contributed by atoms with Gasteiger partial charge in [-0.2, -0.15) is 0 Å². The van der Waals surface area contributed by atoms with Gasteiger partial charge in [0, 0.05) is 29.1 Å². The van der Waals surface area contributed by atoms with Crippen LogP contribution in [0.3, 0.4) is 0 Å². The number of fused-ring (bicyclic) bond motifs is 1. The van der Waals surface area contributed by atoms with Crippen LogP contribution in [0.25, 0.3) is 11.1 Å². The molecule has 2 nitrogen and oxygen atoms in total. The molecule has 1 aliphatic rings. The molecule has 0 amide bonds. The van der Waals surface area contributed by atoms with E-state index in [0.717, 1.165) is 28.0 Å². The van der Waals surface area contributed by atoms with Gasteiger partial charge in [-0.1, -0.05) is 17.7 Å². The smallest absolute Gasteiger partial charge is 0.131 e. The highest BCUT2D eigenvalue weighted by Crippen LogP contribution is 2.41. The van der Waals surface area contributed by atoms with Crippen LogP contribution in [0.2, 0.25) is 5.02 Å². The maximum Gasteiger partial charge on any atom is 0.131 e. The van der Waals surface area contributed by atoms with E-state index >= 15 is 0 Å². The third-order valence-corrected chi connectivity index (χ3v) is 3.85. The summed E-state index contributed by atoms with van der Waals surface area (Å²) in [6.45, 7) is 2.39. The van der Waals surface area contributed by atoms with Crippen LogP contribution in [0.1, 0.15) is 11.1 Å². The van der Waals surface area contributed by atoms with Crippen molar-refractivity contribution < 1.29 is 9.13 Å².